The summed E-state index contributed by atoms with van der Waals surface area (Å²) < 4.78 is 0. The van der Waals surface area contributed by atoms with E-state index in [4.69, 9.17) is 4.99 Å². The van der Waals surface area contributed by atoms with Crippen LogP contribution in [-0.2, 0) is 4.79 Å². The molecule has 1 fully saturated rings. The Balaban J connectivity index is 2.33. The number of carbonyl (C=O) groups excluding carboxylic acids is 1. The van der Waals surface area contributed by atoms with Gasteiger partial charge in [0.05, 0.1) is 23.6 Å². The van der Waals surface area contributed by atoms with Crippen LogP contribution >= 0.6 is 0 Å². The maximum Gasteiger partial charge on any atom is 0.155 e. The zero-order valence-electron chi connectivity index (χ0n) is 11.0. The highest BCUT2D eigenvalue weighted by Gasteiger charge is 2.16. The van der Waals surface area contributed by atoms with Gasteiger partial charge in [-0.05, 0) is 12.8 Å². The second-order valence-electron chi connectivity index (χ2n) is 4.84. The average molecular weight is 257 g/mol. The average Bonchev–Trinajstić information content (AvgIpc) is 2.49. The molecule has 0 aliphatic heterocycles. The minimum atomic E-state index is 0.247. The van der Waals surface area contributed by atoms with Crippen molar-refractivity contribution in [1.82, 2.24) is 0 Å². The minimum Gasteiger partial charge on any atom is -0.515 e. The molecule has 0 aromatic heterocycles. The van der Waals surface area contributed by atoms with E-state index in [1.165, 1.54) is 19.3 Å². The van der Waals surface area contributed by atoms with Crippen molar-refractivity contribution < 1.29 is 9.90 Å². The Labute approximate surface area is 113 Å². The molecule has 0 amide bonds. The molecule has 0 spiro atoms. The van der Waals surface area contributed by atoms with Crippen molar-refractivity contribution in [3.63, 3.8) is 0 Å². The molecule has 1 aromatic carbocycles. The second-order valence-corrected chi connectivity index (χ2v) is 4.84. The molecule has 100 valence electrons. The number of aliphatic hydroxyl groups excluding tert-OH is 1. The van der Waals surface area contributed by atoms with Crippen LogP contribution in [0.1, 0.15) is 37.7 Å². The van der Waals surface area contributed by atoms with E-state index in [0.717, 1.165) is 24.7 Å². The Morgan fingerprint density at radius 1 is 1.16 bits per heavy atom. The number of aliphatic hydroxyl groups is 1. The molecule has 0 bridgehead atoms. The molecule has 1 N–H and O–H groups in total. The highest BCUT2D eigenvalue weighted by atomic mass is 16.2. The van der Waals surface area contributed by atoms with Gasteiger partial charge < -0.3 is 5.11 Å². The van der Waals surface area contributed by atoms with E-state index in [1.54, 1.807) is 0 Å². The number of carbonyl (C=O) groups is 1. The fourth-order valence-corrected chi connectivity index (χ4v) is 2.45. The lowest BCUT2D eigenvalue weighted by atomic mass is 9.95. The molecule has 1 aromatic rings. The first-order chi connectivity index (χ1) is 9.35. The van der Waals surface area contributed by atoms with E-state index in [9.17, 15) is 9.90 Å². The lowest BCUT2D eigenvalue weighted by Gasteiger charge is -2.19. The number of hydrogen-bond donors (Lipinski definition) is 1. The Bertz CT molecular complexity index is 471. The number of nitrogens with zero attached hydrogens (tertiary/aromatic N) is 1. The van der Waals surface area contributed by atoms with Gasteiger partial charge in [0.15, 0.2) is 6.29 Å². The molecule has 3 heteroatoms. The summed E-state index contributed by atoms with van der Waals surface area (Å²) in [5, 5.41) is 9.21. The summed E-state index contributed by atoms with van der Waals surface area (Å²) in [4.78, 5) is 15.8. The Morgan fingerprint density at radius 3 is 2.42 bits per heavy atom. The van der Waals surface area contributed by atoms with Gasteiger partial charge in [-0.3, -0.25) is 9.79 Å². The van der Waals surface area contributed by atoms with Gasteiger partial charge in [0, 0.05) is 5.56 Å². The molecule has 1 aliphatic rings. The standard InChI is InChI=1S/C16H19NO2/c18-11-14(12-19)16(13-7-3-1-4-8-13)17-15-9-5-2-6-10-15/h1,3-4,7-8,11-12,15,18H,2,5-6,9-10H2/b14-11-,17-16?. The smallest absolute Gasteiger partial charge is 0.155 e. The van der Waals surface area contributed by atoms with Crippen molar-refractivity contribution in [1.29, 1.82) is 0 Å². The van der Waals surface area contributed by atoms with Crippen LogP contribution in [0.15, 0.2) is 47.2 Å². The summed E-state index contributed by atoms with van der Waals surface area (Å²) in [6, 6.07) is 9.82. The number of rotatable bonds is 4. The van der Waals surface area contributed by atoms with E-state index in [2.05, 4.69) is 0 Å². The topological polar surface area (TPSA) is 49.7 Å². The minimum absolute atomic E-state index is 0.247. The van der Waals surface area contributed by atoms with E-state index < -0.39 is 0 Å². The summed E-state index contributed by atoms with van der Waals surface area (Å²) in [7, 11) is 0. The predicted molar refractivity (Wildman–Crippen MR) is 76.6 cm³/mol. The lowest BCUT2D eigenvalue weighted by Crippen LogP contribution is -2.15. The first-order valence-corrected chi connectivity index (χ1v) is 6.78. The summed E-state index contributed by atoms with van der Waals surface area (Å²) in [6.45, 7) is 0. The van der Waals surface area contributed by atoms with Crippen LogP contribution in [0, 0.1) is 0 Å². The van der Waals surface area contributed by atoms with E-state index >= 15 is 0 Å². The third-order valence-corrected chi connectivity index (χ3v) is 3.47. The molecular formula is C16H19NO2. The molecule has 0 radical (unpaired) electrons. The molecule has 3 nitrogen and oxygen atoms in total. The summed E-state index contributed by atoms with van der Waals surface area (Å²) in [5.41, 5.74) is 1.72. The third kappa shape index (κ3) is 3.53. The molecule has 1 aliphatic carbocycles. The normalized spacial score (nSPS) is 18.3. The quantitative estimate of drug-likeness (QED) is 0.389. The molecule has 19 heavy (non-hydrogen) atoms. The van der Waals surface area contributed by atoms with Crippen molar-refractivity contribution in [2.45, 2.75) is 38.1 Å². The van der Waals surface area contributed by atoms with Gasteiger partial charge >= 0.3 is 0 Å². The molecule has 0 saturated heterocycles. The van der Waals surface area contributed by atoms with Crippen molar-refractivity contribution >= 4 is 12.0 Å². The van der Waals surface area contributed by atoms with Crippen LogP contribution in [0.5, 0.6) is 0 Å². The monoisotopic (exact) mass is 257 g/mol. The van der Waals surface area contributed by atoms with Crippen LogP contribution in [0.25, 0.3) is 0 Å². The maximum atomic E-state index is 11.1. The molecule has 2 rings (SSSR count). The first-order valence-electron chi connectivity index (χ1n) is 6.78. The van der Waals surface area contributed by atoms with Crippen LogP contribution in [-0.4, -0.2) is 23.1 Å². The van der Waals surface area contributed by atoms with Crippen LogP contribution in [0.3, 0.4) is 0 Å². The zero-order chi connectivity index (χ0) is 13.5. The molecule has 0 heterocycles. The summed E-state index contributed by atoms with van der Waals surface area (Å²) in [5.74, 6) is 0. The van der Waals surface area contributed by atoms with Gasteiger partial charge in [-0.2, -0.15) is 0 Å². The largest absolute Gasteiger partial charge is 0.515 e. The number of benzene rings is 1. The lowest BCUT2D eigenvalue weighted by molar-refractivity contribution is -0.104. The van der Waals surface area contributed by atoms with Gasteiger partial charge in [0.25, 0.3) is 0 Å². The Hall–Kier alpha value is -1.90. The third-order valence-electron chi connectivity index (χ3n) is 3.47. The van der Waals surface area contributed by atoms with Crippen LogP contribution < -0.4 is 0 Å². The van der Waals surface area contributed by atoms with Crippen LogP contribution in [0.4, 0.5) is 0 Å². The zero-order valence-corrected chi connectivity index (χ0v) is 11.0. The molecule has 1 saturated carbocycles. The fourth-order valence-electron chi connectivity index (χ4n) is 2.45. The Kier molecular flexibility index (Phi) is 4.90. The summed E-state index contributed by atoms with van der Waals surface area (Å²) >= 11 is 0. The maximum absolute atomic E-state index is 11.1. The highest BCUT2D eigenvalue weighted by molar-refractivity contribution is 6.22. The molecular weight excluding hydrogens is 238 g/mol. The Morgan fingerprint density at radius 2 is 1.84 bits per heavy atom. The van der Waals surface area contributed by atoms with Gasteiger partial charge in [-0.25, -0.2) is 0 Å². The fraction of sp³-hybridized carbons (Fsp3) is 0.375. The SMILES string of the molecule is O=C/C(=C/O)C(=NC1CCCCC1)c1ccccc1. The van der Waals surface area contributed by atoms with Gasteiger partial charge in [0.2, 0.25) is 0 Å². The van der Waals surface area contributed by atoms with E-state index in [-0.39, 0.29) is 11.6 Å². The predicted octanol–water partition coefficient (Wildman–Crippen LogP) is 3.45. The number of aliphatic imine (C=N–C) groups is 1. The van der Waals surface area contributed by atoms with Crippen molar-refractivity contribution in [2.75, 3.05) is 0 Å². The van der Waals surface area contributed by atoms with Crippen molar-refractivity contribution in [3.05, 3.63) is 47.7 Å². The van der Waals surface area contributed by atoms with E-state index in [0.29, 0.717) is 12.0 Å². The number of aldehydes is 1. The number of hydrogen-bond acceptors (Lipinski definition) is 3. The highest BCUT2D eigenvalue weighted by Crippen LogP contribution is 2.22. The summed E-state index contributed by atoms with van der Waals surface area (Å²) in [6.07, 6.45) is 7.28. The van der Waals surface area contributed by atoms with Crippen molar-refractivity contribution in [2.24, 2.45) is 4.99 Å². The molecule has 0 unspecified atom stereocenters. The van der Waals surface area contributed by atoms with E-state index in [1.807, 2.05) is 30.3 Å². The number of allylic oxidation sites excluding steroid dienone is 1. The molecule has 0 atom stereocenters. The van der Waals surface area contributed by atoms with Crippen LogP contribution in [0.2, 0.25) is 0 Å². The van der Waals surface area contributed by atoms with Crippen molar-refractivity contribution in [3.8, 4) is 0 Å². The first kappa shape index (κ1) is 13.5. The van der Waals surface area contributed by atoms with Gasteiger partial charge in [-0.1, -0.05) is 49.6 Å². The second kappa shape index (κ2) is 6.88. The van der Waals surface area contributed by atoms with Gasteiger partial charge in [-0.15, -0.1) is 0 Å². The van der Waals surface area contributed by atoms with Gasteiger partial charge in [0.1, 0.15) is 0 Å².